The topological polar surface area (TPSA) is 104 Å². The predicted octanol–water partition coefficient (Wildman–Crippen LogP) is 2.76. The van der Waals surface area contributed by atoms with Crippen LogP contribution in [0.4, 0.5) is 10.2 Å². The van der Waals surface area contributed by atoms with Crippen LogP contribution in [0.15, 0.2) is 59.6 Å². The lowest BCUT2D eigenvalue weighted by Gasteiger charge is -2.11. The van der Waals surface area contributed by atoms with E-state index in [0.717, 1.165) is 17.7 Å². The number of aliphatic imine (C=N–C) groups is 1. The summed E-state index contributed by atoms with van der Waals surface area (Å²) in [6.45, 7) is 1.10. The lowest BCUT2D eigenvalue weighted by atomic mass is 10.1. The molecular formula is C22H24FN7. The molecule has 0 saturated carbocycles. The summed E-state index contributed by atoms with van der Waals surface area (Å²) in [6.07, 6.45) is 1.33. The number of rotatable bonds is 7. The van der Waals surface area contributed by atoms with E-state index < -0.39 is 0 Å². The average molecular weight is 405 g/mol. The Morgan fingerprint density at radius 3 is 2.70 bits per heavy atom. The summed E-state index contributed by atoms with van der Waals surface area (Å²) in [5.41, 5.74) is 8.86. The van der Waals surface area contributed by atoms with Crippen molar-refractivity contribution in [3.63, 3.8) is 0 Å². The molecule has 0 amide bonds. The van der Waals surface area contributed by atoms with Crippen LogP contribution in [0, 0.1) is 17.1 Å². The van der Waals surface area contributed by atoms with Gasteiger partial charge in [0, 0.05) is 20.1 Å². The largest absolute Gasteiger partial charge is 0.382 e. The molecule has 8 heteroatoms. The number of nitriles is 1. The number of nitrogens with zero attached hydrogens (tertiary/aromatic N) is 4. The van der Waals surface area contributed by atoms with Crippen LogP contribution in [0.5, 0.6) is 0 Å². The molecule has 1 aromatic heterocycles. The van der Waals surface area contributed by atoms with Crippen molar-refractivity contribution in [2.75, 3.05) is 19.3 Å². The zero-order valence-electron chi connectivity index (χ0n) is 16.8. The van der Waals surface area contributed by atoms with Gasteiger partial charge in [0.05, 0.1) is 11.4 Å². The highest BCUT2D eigenvalue weighted by Crippen LogP contribution is 2.21. The normalized spacial score (nSPS) is 11.2. The van der Waals surface area contributed by atoms with Gasteiger partial charge in [0.1, 0.15) is 23.3 Å². The summed E-state index contributed by atoms with van der Waals surface area (Å²) < 4.78 is 14.9. The molecule has 0 aliphatic carbocycles. The molecule has 0 unspecified atom stereocenters. The van der Waals surface area contributed by atoms with Gasteiger partial charge < -0.3 is 16.4 Å². The van der Waals surface area contributed by atoms with Gasteiger partial charge in [0.2, 0.25) is 0 Å². The third-order valence-electron chi connectivity index (χ3n) is 4.56. The van der Waals surface area contributed by atoms with E-state index in [1.54, 1.807) is 17.8 Å². The third-order valence-corrected chi connectivity index (χ3v) is 4.56. The number of nitrogens with one attached hydrogen (secondary N) is 2. The van der Waals surface area contributed by atoms with Crippen LogP contribution < -0.4 is 16.4 Å². The fourth-order valence-electron chi connectivity index (χ4n) is 3.06. The molecule has 0 atom stereocenters. The van der Waals surface area contributed by atoms with Crippen LogP contribution in [0.3, 0.4) is 0 Å². The second kappa shape index (κ2) is 10.1. The predicted molar refractivity (Wildman–Crippen MR) is 116 cm³/mol. The van der Waals surface area contributed by atoms with Gasteiger partial charge in [-0.05, 0) is 42.7 Å². The van der Waals surface area contributed by atoms with Crippen molar-refractivity contribution in [2.24, 2.45) is 4.99 Å². The minimum absolute atomic E-state index is 0.264. The molecular weight excluding hydrogens is 381 g/mol. The van der Waals surface area contributed by atoms with E-state index in [1.165, 1.54) is 12.1 Å². The van der Waals surface area contributed by atoms with Crippen molar-refractivity contribution in [1.82, 2.24) is 20.4 Å². The fraction of sp³-hybridized carbons (Fsp3) is 0.227. The Kier molecular flexibility index (Phi) is 7.00. The number of benzene rings is 2. The van der Waals surface area contributed by atoms with Crippen molar-refractivity contribution >= 4 is 11.8 Å². The summed E-state index contributed by atoms with van der Waals surface area (Å²) in [6, 6.07) is 18.1. The lowest BCUT2D eigenvalue weighted by Crippen LogP contribution is -2.37. The maximum atomic E-state index is 13.3. The number of para-hydroxylation sites is 1. The number of aromatic nitrogens is 2. The summed E-state index contributed by atoms with van der Waals surface area (Å²) in [5, 5.41) is 20.4. The number of aryl methyl sites for hydroxylation is 1. The monoisotopic (exact) mass is 405 g/mol. The summed E-state index contributed by atoms with van der Waals surface area (Å²) in [5.74, 6) is 0.702. The standard InChI is InChI=1S/C22H24FN7/c1-26-22(28-15-16-7-5-8-17(23)13-16)27-12-6-11-20-19(14-24)21(25)30(29-20)18-9-3-2-4-10-18/h2-5,7-10,13H,6,11-12,15,25H2,1H3,(H2,26,27,28). The van der Waals surface area contributed by atoms with E-state index >= 15 is 0 Å². The van der Waals surface area contributed by atoms with E-state index in [1.807, 2.05) is 36.4 Å². The van der Waals surface area contributed by atoms with E-state index in [0.29, 0.717) is 42.5 Å². The van der Waals surface area contributed by atoms with Gasteiger partial charge in [0.25, 0.3) is 0 Å². The minimum atomic E-state index is -0.264. The van der Waals surface area contributed by atoms with E-state index in [-0.39, 0.29) is 5.82 Å². The van der Waals surface area contributed by atoms with Gasteiger partial charge in [-0.25, -0.2) is 9.07 Å². The van der Waals surface area contributed by atoms with Gasteiger partial charge in [-0.1, -0.05) is 30.3 Å². The van der Waals surface area contributed by atoms with E-state index in [9.17, 15) is 9.65 Å². The first-order valence-corrected chi connectivity index (χ1v) is 9.64. The highest BCUT2D eigenvalue weighted by molar-refractivity contribution is 5.79. The Bertz CT molecular complexity index is 1050. The SMILES string of the molecule is CN=C(NCCCc1nn(-c2ccccc2)c(N)c1C#N)NCc1cccc(F)c1. The number of halogens is 1. The van der Waals surface area contributed by atoms with Crippen molar-refractivity contribution in [3.05, 3.63) is 77.2 Å². The number of anilines is 1. The molecule has 0 saturated heterocycles. The summed E-state index contributed by atoms with van der Waals surface area (Å²) in [7, 11) is 1.68. The number of hydrogen-bond acceptors (Lipinski definition) is 4. The number of nitrogens with two attached hydrogens (primary N) is 1. The lowest BCUT2D eigenvalue weighted by molar-refractivity contribution is 0.624. The van der Waals surface area contributed by atoms with Gasteiger partial charge in [0.15, 0.2) is 5.96 Å². The summed E-state index contributed by atoms with van der Waals surface area (Å²) in [4.78, 5) is 4.17. The van der Waals surface area contributed by atoms with Gasteiger partial charge >= 0.3 is 0 Å². The second-order valence-electron chi connectivity index (χ2n) is 6.65. The Hall–Kier alpha value is -3.86. The molecule has 0 bridgehead atoms. The van der Waals surface area contributed by atoms with Crippen LogP contribution in [-0.4, -0.2) is 29.3 Å². The zero-order valence-corrected chi connectivity index (χ0v) is 16.8. The molecule has 0 spiro atoms. The Labute approximate surface area is 175 Å². The first kappa shape index (κ1) is 20.9. The Morgan fingerprint density at radius 2 is 2.00 bits per heavy atom. The zero-order chi connectivity index (χ0) is 21.3. The van der Waals surface area contributed by atoms with Gasteiger partial charge in [-0.2, -0.15) is 10.4 Å². The maximum absolute atomic E-state index is 13.3. The first-order valence-electron chi connectivity index (χ1n) is 9.64. The van der Waals surface area contributed by atoms with Crippen LogP contribution in [-0.2, 0) is 13.0 Å². The molecule has 154 valence electrons. The highest BCUT2D eigenvalue weighted by atomic mass is 19.1. The van der Waals surface area contributed by atoms with Crippen molar-refractivity contribution in [1.29, 1.82) is 5.26 Å². The molecule has 3 rings (SSSR count). The average Bonchev–Trinajstić information content (AvgIpc) is 3.09. The minimum Gasteiger partial charge on any atom is -0.382 e. The molecule has 7 nitrogen and oxygen atoms in total. The fourth-order valence-corrected chi connectivity index (χ4v) is 3.06. The van der Waals surface area contributed by atoms with Gasteiger partial charge in [-0.15, -0.1) is 0 Å². The second-order valence-corrected chi connectivity index (χ2v) is 6.65. The Morgan fingerprint density at radius 1 is 1.20 bits per heavy atom. The molecule has 0 aliphatic rings. The molecule has 2 aromatic carbocycles. The maximum Gasteiger partial charge on any atom is 0.191 e. The number of hydrogen-bond donors (Lipinski definition) is 3. The van der Waals surface area contributed by atoms with Crippen LogP contribution in [0.1, 0.15) is 23.2 Å². The first-order chi connectivity index (χ1) is 14.6. The highest BCUT2D eigenvalue weighted by Gasteiger charge is 2.16. The molecule has 30 heavy (non-hydrogen) atoms. The molecule has 3 aromatic rings. The molecule has 0 fully saturated rings. The molecule has 1 heterocycles. The van der Waals surface area contributed by atoms with E-state index in [2.05, 4.69) is 26.8 Å². The van der Waals surface area contributed by atoms with Crippen molar-refractivity contribution in [3.8, 4) is 11.8 Å². The molecule has 0 radical (unpaired) electrons. The number of nitrogen functional groups attached to an aromatic ring is 1. The van der Waals surface area contributed by atoms with Crippen molar-refractivity contribution in [2.45, 2.75) is 19.4 Å². The Balaban J connectivity index is 1.54. The van der Waals surface area contributed by atoms with Crippen molar-refractivity contribution < 1.29 is 4.39 Å². The van der Waals surface area contributed by atoms with Crippen LogP contribution in [0.2, 0.25) is 0 Å². The smallest absolute Gasteiger partial charge is 0.191 e. The number of guanidine groups is 1. The van der Waals surface area contributed by atoms with Crippen LogP contribution >= 0.6 is 0 Å². The molecule has 0 aliphatic heterocycles. The van der Waals surface area contributed by atoms with E-state index in [4.69, 9.17) is 5.73 Å². The third kappa shape index (κ3) is 5.14. The summed E-state index contributed by atoms with van der Waals surface area (Å²) >= 11 is 0. The van der Waals surface area contributed by atoms with Crippen LogP contribution in [0.25, 0.3) is 5.69 Å². The van der Waals surface area contributed by atoms with Gasteiger partial charge in [-0.3, -0.25) is 4.99 Å². The quantitative estimate of drug-likeness (QED) is 0.319. The molecule has 4 N–H and O–H groups in total.